The number of benzene rings is 1. The lowest BCUT2D eigenvalue weighted by molar-refractivity contribution is -0.138. The number of carbonyl (C=O) groups is 2. The number of amides is 1. The van der Waals surface area contributed by atoms with E-state index in [1.54, 1.807) is 11.8 Å². The number of hydrogen-bond donors (Lipinski definition) is 0. The molecular weight excluding hydrogens is 294 g/mol. The molecule has 1 aromatic rings. The van der Waals surface area contributed by atoms with Crippen LogP contribution in [0.25, 0.3) is 0 Å². The van der Waals surface area contributed by atoms with Crippen molar-refractivity contribution in [3.8, 4) is 0 Å². The van der Waals surface area contributed by atoms with Gasteiger partial charge in [-0.2, -0.15) is 0 Å². The molecule has 5 heteroatoms. The van der Waals surface area contributed by atoms with Crippen LogP contribution in [-0.2, 0) is 20.9 Å². The molecule has 0 radical (unpaired) electrons. The van der Waals surface area contributed by atoms with Gasteiger partial charge in [0.1, 0.15) is 6.61 Å². The highest BCUT2D eigenvalue weighted by Crippen LogP contribution is 2.23. The van der Waals surface area contributed by atoms with E-state index >= 15 is 0 Å². The predicted molar refractivity (Wildman–Crippen MR) is 86.8 cm³/mol. The van der Waals surface area contributed by atoms with Gasteiger partial charge in [-0.1, -0.05) is 43.7 Å². The van der Waals surface area contributed by atoms with Gasteiger partial charge in [0, 0.05) is 6.54 Å². The van der Waals surface area contributed by atoms with Crippen LogP contribution in [0.3, 0.4) is 0 Å². The highest BCUT2D eigenvalue weighted by molar-refractivity contribution is 5.91. The number of ether oxygens (including phenoxy) is 2. The first-order valence-corrected chi connectivity index (χ1v) is 7.99. The molecule has 0 saturated heterocycles. The Morgan fingerprint density at radius 3 is 2.48 bits per heavy atom. The molecule has 1 aliphatic rings. The molecule has 0 fully saturated rings. The molecule has 0 N–H and O–H groups in total. The van der Waals surface area contributed by atoms with Crippen molar-refractivity contribution in [2.45, 2.75) is 33.3 Å². The van der Waals surface area contributed by atoms with Crippen molar-refractivity contribution in [2.75, 3.05) is 19.7 Å². The Labute approximate surface area is 136 Å². The van der Waals surface area contributed by atoms with Gasteiger partial charge < -0.3 is 9.47 Å². The molecule has 0 aromatic heterocycles. The summed E-state index contributed by atoms with van der Waals surface area (Å²) in [7, 11) is 0. The van der Waals surface area contributed by atoms with Crippen molar-refractivity contribution in [2.24, 2.45) is 0 Å². The molecule has 5 nitrogen and oxygen atoms in total. The minimum Gasteiger partial charge on any atom is -0.463 e. The molecule has 23 heavy (non-hydrogen) atoms. The molecule has 124 valence electrons. The SMILES string of the molecule is CCCC1=C(C(=O)OCC)CN(C(=O)OCc2ccccc2)C1. The van der Waals surface area contributed by atoms with Crippen molar-refractivity contribution < 1.29 is 19.1 Å². The number of esters is 1. The van der Waals surface area contributed by atoms with Gasteiger partial charge in [0.05, 0.1) is 18.7 Å². The minimum atomic E-state index is -0.401. The third kappa shape index (κ3) is 4.58. The Morgan fingerprint density at radius 1 is 1.09 bits per heavy atom. The van der Waals surface area contributed by atoms with Crippen molar-refractivity contribution in [1.29, 1.82) is 0 Å². The van der Waals surface area contributed by atoms with Gasteiger partial charge >= 0.3 is 12.1 Å². The van der Waals surface area contributed by atoms with Crippen molar-refractivity contribution >= 4 is 12.1 Å². The molecule has 1 aliphatic heterocycles. The van der Waals surface area contributed by atoms with Gasteiger partial charge in [0.15, 0.2) is 0 Å². The van der Waals surface area contributed by atoms with Crippen molar-refractivity contribution in [1.82, 2.24) is 4.90 Å². The Kier molecular flexibility index (Phi) is 6.20. The Balaban J connectivity index is 1.94. The van der Waals surface area contributed by atoms with E-state index in [1.165, 1.54) is 0 Å². The van der Waals surface area contributed by atoms with E-state index in [0.717, 1.165) is 24.0 Å². The summed E-state index contributed by atoms with van der Waals surface area (Å²) < 4.78 is 10.4. The average Bonchev–Trinajstić information content (AvgIpc) is 2.98. The minimum absolute atomic E-state index is 0.230. The van der Waals surface area contributed by atoms with Crippen LogP contribution in [0.1, 0.15) is 32.3 Å². The molecule has 1 amide bonds. The summed E-state index contributed by atoms with van der Waals surface area (Å²) in [5, 5.41) is 0. The van der Waals surface area contributed by atoms with E-state index < -0.39 is 6.09 Å². The second-order valence-electron chi connectivity index (χ2n) is 5.45. The summed E-state index contributed by atoms with van der Waals surface area (Å²) in [4.78, 5) is 25.8. The second-order valence-corrected chi connectivity index (χ2v) is 5.45. The van der Waals surface area contributed by atoms with Crippen LogP contribution in [-0.4, -0.2) is 36.7 Å². The monoisotopic (exact) mass is 317 g/mol. The summed E-state index contributed by atoms with van der Waals surface area (Å²) in [5.74, 6) is -0.325. The first-order valence-electron chi connectivity index (χ1n) is 7.99. The van der Waals surface area contributed by atoms with Crippen LogP contribution < -0.4 is 0 Å². The molecule has 0 aliphatic carbocycles. The Bertz CT molecular complexity index is 580. The highest BCUT2D eigenvalue weighted by Gasteiger charge is 2.30. The Morgan fingerprint density at radius 2 is 1.83 bits per heavy atom. The van der Waals surface area contributed by atoms with E-state index in [9.17, 15) is 9.59 Å². The number of carbonyl (C=O) groups excluding carboxylic acids is 2. The van der Waals surface area contributed by atoms with Gasteiger partial charge in [-0.05, 0) is 24.5 Å². The lowest BCUT2D eigenvalue weighted by Crippen LogP contribution is -2.30. The molecule has 0 spiro atoms. The average molecular weight is 317 g/mol. The standard InChI is InChI=1S/C18H23NO4/c1-3-8-15-11-19(12-16(15)17(20)22-4-2)18(21)23-13-14-9-6-5-7-10-14/h5-7,9-10H,3-4,8,11-13H2,1-2H3. The third-order valence-electron chi connectivity index (χ3n) is 3.69. The summed E-state index contributed by atoms with van der Waals surface area (Å²) in [6.45, 7) is 5.09. The fraction of sp³-hybridized carbons (Fsp3) is 0.444. The number of hydrogen-bond acceptors (Lipinski definition) is 4. The van der Waals surface area contributed by atoms with E-state index in [4.69, 9.17) is 9.47 Å². The van der Waals surface area contributed by atoms with Crippen LogP contribution in [0.2, 0.25) is 0 Å². The first-order chi connectivity index (χ1) is 11.2. The van der Waals surface area contributed by atoms with Crippen LogP contribution in [0.4, 0.5) is 4.79 Å². The van der Waals surface area contributed by atoms with Gasteiger partial charge in [-0.15, -0.1) is 0 Å². The van der Waals surface area contributed by atoms with Crippen LogP contribution in [0.15, 0.2) is 41.5 Å². The summed E-state index contributed by atoms with van der Waals surface area (Å²) in [5.41, 5.74) is 2.51. The lowest BCUT2D eigenvalue weighted by Gasteiger charge is -2.16. The summed E-state index contributed by atoms with van der Waals surface area (Å²) in [6, 6.07) is 9.53. The van der Waals surface area contributed by atoms with E-state index in [0.29, 0.717) is 18.7 Å². The van der Waals surface area contributed by atoms with Gasteiger partial charge in [0.25, 0.3) is 0 Å². The van der Waals surface area contributed by atoms with E-state index in [2.05, 4.69) is 0 Å². The molecule has 0 saturated carbocycles. The van der Waals surface area contributed by atoms with Gasteiger partial charge in [0.2, 0.25) is 0 Å². The fourth-order valence-corrected chi connectivity index (χ4v) is 2.58. The molecule has 0 bridgehead atoms. The largest absolute Gasteiger partial charge is 0.463 e. The molecule has 0 atom stereocenters. The smallest absolute Gasteiger partial charge is 0.410 e. The third-order valence-corrected chi connectivity index (χ3v) is 3.69. The van der Waals surface area contributed by atoms with Crippen molar-refractivity contribution in [3.63, 3.8) is 0 Å². The van der Waals surface area contributed by atoms with Gasteiger partial charge in [-0.3, -0.25) is 4.90 Å². The quantitative estimate of drug-likeness (QED) is 0.755. The molecular formula is C18H23NO4. The predicted octanol–water partition coefficient (Wildman–Crippen LogP) is 3.30. The zero-order valence-corrected chi connectivity index (χ0v) is 13.7. The van der Waals surface area contributed by atoms with Crippen molar-refractivity contribution in [3.05, 3.63) is 47.0 Å². The van der Waals surface area contributed by atoms with Crippen LogP contribution >= 0.6 is 0 Å². The van der Waals surface area contributed by atoms with E-state index in [-0.39, 0.29) is 19.1 Å². The maximum Gasteiger partial charge on any atom is 0.410 e. The maximum absolute atomic E-state index is 12.2. The summed E-state index contributed by atoms with van der Waals surface area (Å²) >= 11 is 0. The Hall–Kier alpha value is -2.30. The van der Waals surface area contributed by atoms with Crippen LogP contribution in [0.5, 0.6) is 0 Å². The zero-order valence-electron chi connectivity index (χ0n) is 13.7. The summed E-state index contributed by atoms with van der Waals surface area (Å²) in [6.07, 6.45) is 1.31. The molecule has 1 aromatic carbocycles. The van der Waals surface area contributed by atoms with Gasteiger partial charge in [-0.25, -0.2) is 9.59 Å². The maximum atomic E-state index is 12.2. The fourth-order valence-electron chi connectivity index (χ4n) is 2.58. The van der Waals surface area contributed by atoms with Crippen LogP contribution in [0, 0.1) is 0 Å². The second kappa shape index (κ2) is 8.36. The topological polar surface area (TPSA) is 55.8 Å². The molecule has 2 rings (SSSR count). The number of rotatable bonds is 6. The normalized spacial score (nSPS) is 14.1. The molecule has 1 heterocycles. The zero-order chi connectivity index (χ0) is 16.7. The van der Waals surface area contributed by atoms with E-state index in [1.807, 2.05) is 37.3 Å². The lowest BCUT2D eigenvalue weighted by atomic mass is 10.1. The first kappa shape index (κ1) is 17.1. The number of nitrogens with zero attached hydrogens (tertiary/aromatic N) is 1. The molecule has 0 unspecified atom stereocenters. The highest BCUT2D eigenvalue weighted by atomic mass is 16.6.